The van der Waals surface area contributed by atoms with Gasteiger partial charge in [0.05, 0.1) is 12.9 Å². The van der Waals surface area contributed by atoms with Crippen molar-refractivity contribution in [1.82, 2.24) is 0 Å². The summed E-state index contributed by atoms with van der Waals surface area (Å²) in [5.41, 5.74) is 0. The van der Waals surface area contributed by atoms with Gasteiger partial charge in [-0.3, -0.25) is 0 Å². The van der Waals surface area contributed by atoms with Crippen LogP contribution in [0, 0.1) is 23.7 Å². The van der Waals surface area contributed by atoms with Gasteiger partial charge >= 0.3 is 0 Å². The van der Waals surface area contributed by atoms with Gasteiger partial charge in [-0.2, -0.15) is 0 Å². The molecule has 2 fully saturated rings. The van der Waals surface area contributed by atoms with Crippen LogP contribution in [0.4, 0.5) is 0 Å². The summed E-state index contributed by atoms with van der Waals surface area (Å²) in [6.45, 7) is 4.05. The van der Waals surface area contributed by atoms with Gasteiger partial charge in [-0.1, -0.05) is 13.0 Å². The number of hydrogen-bond acceptors (Lipinski definition) is 2. The fourth-order valence-electron chi connectivity index (χ4n) is 4.24. The number of allylic oxidation sites excluding steroid dienone is 1. The predicted octanol–water partition coefficient (Wildman–Crippen LogP) is 5.19. The Morgan fingerprint density at radius 2 is 1.33 bits per heavy atom. The maximum Gasteiger partial charge on any atom is 0.0901 e. The molecule has 0 aromatic heterocycles. The van der Waals surface area contributed by atoms with Gasteiger partial charge in [0.25, 0.3) is 0 Å². The Hall–Kier alpha value is -0.500. The molecule has 2 saturated carbocycles. The second-order valence-corrected chi connectivity index (χ2v) is 7.13. The molecule has 2 heteroatoms. The smallest absolute Gasteiger partial charge is 0.0901 e. The van der Waals surface area contributed by atoms with E-state index in [4.69, 9.17) is 9.47 Å². The quantitative estimate of drug-likeness (QED) is 0.602. The lowest BCUT2D eigenvalue weighted by Crippen LogP contribution is -2.27. The molecule has 0 amide bonds. The van der Waals surface area contributed by atoms with Crippen LogP contribution < -0.4 is 0 Å². The third-order valence-electron chi connectivity index (χ3n) is 5.61. The van der Waals surface area contributed by atoms with Crippen LogP contribution in [-0.2, 0) is 9.47 Å². The first-order valence-corrected chi connectivity index (χ1v) is 9.09. The summed E-state index contributed by atoms with van der Waals surface area (Å²) >= 11 is 0. The highest BCUT2D eigenvalue weighted by Crippen LogP contribution is 2.41. The van der Waals surface area contributed by atoms with E-state index in [0.29, 0.717) is 0 Å². The number of hydrogen-bond donors (Lipinski definition) is 0. The first kappa shape index (κ1) is 16.9. The molecule has 2 aliphatic carbocycles. The highest BCUT2D eigenvalue weighted by atomic mass is 16.5. The molecule has 0 N–H and O–H groups in total. The van der Waals surface area contributed by atoms with Crippen molar-refractivity contribution in [3.63, 3.8) is 0 Å². The van der Waals surface area contributed by atoms with Crippen molar-refractivity contribution < 1.29 is 9.47 Å². The molecule has 0 aromatic carbocycles. The molecule has 0 spiro atoms. The van der Waals surface area contributed by atoms with Gasteiger partial charge in [0, 0.05) is 13.7 Å². The first-order chi connectivity index (χ1) is 10.3. The molecule has 0 bridgehead atoms. The molecule has 0 heterocycles. The maximum absolute atomic E-state index is 5.64. The minimum atomic E-state index is 0.799. The standard InChI is InChI=1S/C19H34O2/c1-3-4-13-21-15-17-7-11-19(12-8-17)18-9-5-16(6-10-18)14-20-2/h4,13,16-19H,3,5-12,14-15H2,1-2H3/b13-4-. The molecule has 0 atom stereocenters. The Kier molecular flexibility index (Phi) is 7.63. The zero-order valence-electron chi connectivity index (χ0n) is 14.1. The molecular weight excluding hydrogens is 260 g/mol. The second-order valence-electron chi connectivity index (χ2n) is 7.13. The SMILES string of the molecule is CC/C=C\OCC1CCC(C2CCC(COC)CC2)CC1. The Labute approximate surface area is 131 Å². The van der Waals surface area contributed by atoms with Gasteiger partial charge in [-0.25, -0.2) is 0 Å². The normalized spacial score (nSPS) is 34.2. The van der Waals surface area contributed by atoms with Crippen LogP contribution in [0.3, 0.4) is 0 Å². The minimum Gasteiger partial charge on any atom is -0.501 e. The van der Waals surface area contributed by atoms with Gasteiger partial charge < -0.3 is 9.47 Å². The third kappa shape index (κ3) is 5.65. The van der Waals surface area contributed by atoms with Gasteiger partial charge in [0.15, 0.2) is 0 Å². The van der Waals surface area contributed by atoms with E-state index in [1.165, 1.54) is 51.4 Å². The van der Waals surface area contributed by atoms with Crippen LogP contribution in [0.25, 0.3) is 0 Å². The average molecular weight is 294 g/mol. The number of rotatable bonds is 7. The highest BCUT2D eigenvalue weighted by Gasteiger charge is 2.30. The van der Waals surface area contributed by atoms with Crippen LogP contribution in [-0.4, -0.2) is 20.3 Å². The van der Waals surface area contributed by atoms with Crippen LogP contribution in [0.2, 0.25) is 0 Å². The van der Waals surface area contributed by atoms with Crippen molar-refractivity contribution in [2.45, 2.75) is 64.7 Å². The monoisotopic (exact) mass is 294 g/mol. The molecular formula is C19H34O2. The lowest BCUT2D eigenvalue weighted by molar-refractivity contribution is 0.0834. The molecule has 0 aromatic rings. The van der Waals surface area contributed by atoms with Gasteiger partial charge in [0.1, 0.15) is 0 Å². The summed E-state index contributed by atoms with van der Waals surface area (Å²) in [5.74, 6) is 3.63. The lowest BCUT2D eigenvalue weighted by atomic mass is 9.69. The fraction of sp³-hybridized carbons (Fsp3) is 0.895. The summed E-state index contributed by atoms with van der Waals surface area (Å²) < 4.78 is 11.0. The molecule has 0 aliphatic heterocycles. The third-order valence-corrected chi connectivity index (χ3v) is 5.61. The Bertz CT molecular complexity index is 284. The molecule has 0 radical (unpaired) electrons. The summed E-state index contributed by atoms with van der Waals surface area (Å²) in [5, 5.41) is 0. The van der Waals surface area contributed by atoms with Gasteiger partial charge in [0.2, 0.25) is 0 Å². The van der Waals surface area contributed by atoms with Crippen LogP contribution >= 0.6 is 0 Å². The Balaban J connectivity index is 1.62. The predicted molar refractivity (Wildman–Crippen MR) is 88.2 cm³/mol. The number of ether oxygens (including phenoxy) is 2. The van der Waals surface area contributed by atoms with Crippen molar-refractivity contribution in [1.29, 1.82) is 0 Å². The molecule has 2 nitrogen and oxygen atoms in total. The van der Waals surface area contributed by atoms with E-state index >= 15 is 0 Å². The van der Waals surface area contributed by atoms with Crippen LogP contribution in [0.5, 0.6) is 0 Å². The maximum atomic E-state index is 5.64. The Morgan fingerprint density at radius 3 is 1.81 bits per heavy atom. The molecule has 0 unspecified atom stereocenters. The molecule has 2 rings (SSSR count). The van der Waals surface area contributed by atoms with Gasteiger partial charge in [-0.15, -0.1) is 0 Å². The lowest BCUT2D eigenvalue weighted by Gasteiger charge is -2.37. The van der Waals surface area contributed by atoms with Crippen molar-refractivity contribution in [3.8, 4) is 0 Å². The summed E-state index contributed by atoms with van der Waals surface area (Å²) in [4.78, 5) is 0. The largest absolute Gasteiger partial charge is 0.501 e. The fourth-order valence-corrected chi connectivity index (χ4v) is 4.24. The summed E-state index contributed by atoms with van der Waals surface area (Å²) in [6.07, 6.45) is 16.4. The van der Waals surface area contributed by atoms with E-state index in [0.717, 1.165) is 43.3 Å². The summed E-state index contributed by atoms with van der Waals surface area (Å²) in [7, 11) is 1.84. The van der Waals surface area contributed by atoms with Crippen molar-refractivity contribution in [2.75, 3.05) is 20.3 Å². The van der Waals surface area contributed by atoms with E-state index in [-0.39, 0.29) is 0 Å². The Morgan fingerprint density at radius 1 is 0.810 bits per heavy atom. The molecule has 21 heavy (non-hydrogen) atoms. The van der Waals surface area contributed by atoms with E-state index in [9.17, 15) is 0 Å². The van der Waals surface area contributed by atoms with Crippen LogP contribution in [0.1, 0.15) is 64.7 Å². The minimum absolute atomic E-state index is 0.799. The highest BCUT2D eigenvalue weighted by molar-refractivity contribution is 4.82. The molecule has 122 valence electrons. The van der Waals surface area contributed by atoms with E-state index < -0.39 is 0 Å². The van der Waals surface area contributed by atoms with Crippen LogP contribution in [0.15, 0.2) is 12.3 Å². The molecule has 0 saturated heterocycles. The van der Waals surface area contributed by atoms with E-state index in [1.807, 2.05) is 13.4 Å². The van der Waals surface area contributed by atoms with Crippen molar-refractivity contribution in [3.05, 3.63) is 12.3 Å². The van der Waals surface area contributed by atoms with Crippen molar-refractivity contribution in [2.24, 2.45) is 23.7 Å². The zero-order chi connectivity index (χ0) is 14.9. The zero-order valence-corrected chi connectivity index (χ0v) is 14.1. The average Bonchev–Trinajstić information content (AvgIpc) is 2.53. The molecule has 2 aliphatic rings. The van der Waals surface area contributed by atoms with Gasteiger partial charge in [-0.05, 0) is 81.5 Å². The van der Waals surface area contributed by atoms with E-state index in [2.05, 4.69) is 13.0 Å². The second kappa shape index (κ2) is 9.50. The topological polar surface area (TPSA) is 18.5 Å². The van der Waals surface area contributed by atoms with E-state index in [1.54, 1.807) is 0 Å². The van der Waals surface area contributed by atoms with Crippen molar-refractivity contribution >= 4 is 0 Å². The number of methoxy groups -OCH3 is 1. The summed E-state index contributed by atoms with van der Waals surface area (Å²) in [6, 6.07) is 0. The first-order valence-electron chi connectivity index (χ1n) is 9.09.